The van der Waals surface area contributed by atoms with E-state index >= 15 is 0 Å². The fraction of sp³-hybridized carbons (Fsp3) is 0.385. The van der Waals surface area contributed by atoms with Crippen LogP contribution < -0.4 is 0 Å². The molecule has 1 aliphatic rings. The summed E-state index contributed by atoms with van der Waals surface area (Å²) in [6, 6.07) is 8.15. The average molecular weight is 340 g/mol. The Labute approximate surface area is 125 Å². The van der Waals surface area contributed by atoms with Gasteiger partial charge in [0.25, 0.3) is 0 Å². The van der Waals surface area contributed by atoms with Crippen LogP contribution in [0.2, 0.25) is 0 Å². The number of aliphatic hydroxyl groups is 1. The molecule has 4 nitrogen and oxygen atoms in total. The highest BCUT2D eigenvalue weighted by Gasteiger charge is 2.49. The van der Waals surface area contributed by atoms with Crippen molar-refractivity contribution in [2.75, 3.05) is 0 Å². The Hall–Kier alpha value is -0.850. The first-order valence-electron chi connectivity index (χ1n) is 6.06. The van der Waals surface area contributed by atoms with Crippen LogP contribution in [-0.2, 0) is 12.5 Å². The third-order valence-electron chi connectivity index (χ3n) is 3.83. The van der Waals surface area contributed by atoms with Crippen LogP contribution in [-0.4, -0.2) is 26.0 Å². The molecule has 1 aromatic carbocycles. The number of nitrogens with zero attached hydrogens (tertiary/aromatic N) is 3. The van der Waals surface area contributed by atoms with E-state index in [1.165, 1.54) is 0 Å². The molecule has 19 heavy (non-hydrogen) atoms. The SMILES string of the molecule is Cn1c(S)nnc1[C@]1(c2cccc(Br)c2)C[C@@H](O)C1. The smallest absolute Gasteiger partial charge is 0.187 e. The number of aliphatic hydroxyl groups excluding tert-OH is 1. The zero-order valence-corrected chi connectivity index (χ0v) is 12.9. The molecule has 0 unspecified atom stereocenters. The largest absolute Gasteiger partial charge is 0.393 e. The Morgan fingerprint density at radius 3 is 2.68 bits per heavy atom. The van der Waals surface area contributed by atoms with Crippen molar-refractivity contribution < 1.29 is 5.11 Å². The van der Waals surface area contributed by atoms with Crippen LogP contribution in [0.4, 0.5) is 0 Å². The number of hydrogen-bond donors (Lipinski definition) is 2. The molecule has 100 valence electrons. The van der Waals surface area contributed by atoms with E-state index in [-0.39, 0.29) is 11.5 Å². The number of aromatic nitrogens is 3. The molecule has 0 spiro atoms. The summed E-state index contributed by atoms with van der Waals surface area (Å²) >= 11 is 7.79. The van der Waals surface area contributed by atoms with Crippen LogP contribution in [0.5, 0.6) is 0 Å². The second-order valence-corrected chi connectivity index (χ2v) is 6.35. The predicted molar refractivity (Wildman–Crippen MR) is 78.4 cm³/mol. The van der Waals surface area contributed by atoms with E-state index in [9.17, 15) is 5.11 Å². The molecule has 1 saturated carbocycles. The Bertz CT molecular complexity index is 622. The van der Waals surface area contributed by atoms with Crippen molar-refractivity contribution in [1.29, 1.82) is 0 Å². The number of rotatable bonds is 2. The van der Waals surface area contributed by atoms with E-state index in [2.05, 4.69) is 50.9 Å². The zero-order chi connectivity index (χ0) is 13.6. The normalized spacial score (nSPS) is 26.2. The van der Waals surface area contributed by atoms with E-state index in [1.807, 2.05) is 23.7 Å². The highest BCUT2D eigenvalue weighted by atomic mass is 79.9. The van der Waals surface area contributed by atoms with Crippen molar-refractivity contribution in [3.63, 3.8) is 0 Å². The fourth-order valence-corrected chi connectivity index (χ4v) is 3.35. The van der Waals surface area contributed by atoms with Gasteiger partial charge < -0.3 is 9.67 Å². The Kier molecular flexibility index (Phi) is 3.19. The van der Waals surface area contributed by atoms with Crippen LogP contribution in [0.3, 0.4) is 0 Å². The molecule has 2 aromatic rings. The molecule has 1 aromatic heterocycles. The van der Waals surface area contributed by atoms with Crippen LogP contribution in [0.25, 0.3) is 0 Å². The molecule has 0 radical (unpaired) electrons. The van der Waals surface area contributed by atoms with Crippen LogP contribution in [0, 0.1) is 0 Å². The van der Waals surface area contributed by atoms with Crippen molar-refractivity contribution in [2.45, 2.75) is 29.5 Å². The van der Waals surface area contributed by atoms with Gasteiger partial charge in [-0.05, 0) is 30.5 Å². The van der Waals surface area contributed by atoms with E-state index in [0.717, 1.165) is 15.9 Å². The summed E-state index contributed by atoms with van der Waals surface area (Å²) in [6.07, 6.45) is 1.06. The second kappa shape index (κ2) is 4.61. The highest BCUT2D eigenvalue weighted by Crippen LogP contribution is 2.48. The van der Waals surface area contributed by atoms with Gasteiger partial charge in [-0.3, -0.25) is 0 Å². The Balaban J connectivity index is 2.13. The highest BCUT2D eigenvalue weighted by molar-refractivity contribution is 9.10. The second-order valence-electron chi connectivity index (χ2n) is 5.04. The molecule has 1 aliphatic carbocycles. The third-order valence-corrected chi connectivity index (χ3v) is 4.71. The maximum Gasteiger partial charge on any atom is 0.187 e. The Morgan fingerprint density at radius 1 is 1.42 bits per heavy atom. The molecule has 1 heterocycles. The molecule has 6 heteroatoms. The topological polar surface area (TPSA) is 50.9 Å². The van der Waals surface area contributed by atoms with E-state index in [1.54, 1.807) is 0 Å². The van der Waals surface area contributed by atoms with Gasteiger partial charge in [0, 0.05) is 11.5 Å². The van der Waals surface area contributed by atoms with Gasteiger partial charge in [0.2, 0.25) is 0 Å². The summed E-state index contributed by atoms with van der Waals surface area (Å²) in [6.45, 7) is 0. The number of benzene rings is 1. The number of thiol groups is 1. The maximum absolute atomic E-state index is 9.78. The van der Waals surface area contributed by atoms with Gasteiger partial charge >= 0.3 is 0 Å². The fourth-order valence-electron chi connectivity index (χ4n) is 2.82. The van der Waals surface area contributed by atoms with Gasteiger partial charge in [-0.2, -0.15) is 0 Å². The quantitative estimate of drug-likeness (QED) is 0.825. The summed E-state index contributed by atoms with van der Waals surface area (Å²) in [7, 11) is 1.90. The summed E-state index contributed by atoms with van der Waals surface area (Å²) in [4.78, 5) is 0. The maximum atomic E-state index is 9.78. The van der Waals surface area contributed by atoms with E-state index < -0.39 is 0 Å². The molecular weight excluding hydrogens is 326 g/mol. The van der Waals surface area contributed by atoms with Crippen LogP contribution >= 0.6 is 28.6 Å². The summed E-state index contributed by atoms with van der Waals surface area (Å²) in [5, 5.41) is 18.7. The van der Waals surface area contributed by atoms with Gasteiger partial charge in [-0.1, -0.05) is 28.1 Å². The lowest BCUT2D eigenvalue weighted by molar-refractivity contribution is 0.0321. The minimum absolute atomic E-state index is 0.258. The minimum Gasteiger partial charge on any atom is -0.393 e. The van der Waals surface area contributed by atoms with Crippen LogP contribution in [0.15, 0.2) is 33.9 Å². The predicted octanol–water partition coefficient (Wildman–Crippen LogP) is 2.31. The van der Waals surface area contributed by atoms with Crippen molar-refractivity contribution in [3.8, 4) is 0 Å². The third kappa shape index (κ3) is 2.02. The molecule has 3 rings (SSSR count). The van der Waals surface area contributed by atoms with Gasteiger partial charge in [-0.15, -0.1) is 22.8 Å². The average Bonchev–Trinajstić information content (AvgIpc) is 2.66. The van der Waals surface area contributed by atoms with Crippen LogP contribution in [0.1, 0.15) is 24.2 Å². The van der Waals surface area contributed by atoms with Gasteiger partial charge in [0.05, 0.1) is 11.5 Å². The lowest BCUT2D eigenvalue weighted by Crippen LogP contribution is -2.47. The number of hydrogen-bond acceptors (Lipinski definition) is 4. The van der Waals surface area contributed by atoms with Gasteiger partial charge in [0.1, 0.15) is 5.82 Å². The van der Waals surface area contributed by atoms with Gasteiger partial charge in [0.15, 0.2) is 5.16 Å². The molecule has 1 fully saturated rings. The Morgan fingerprint density at radius 2 is 2.16 bits per heavy atom. The van der Waals surface area contributed by atoms with Crippen molar-refractivity contribution >= 4 is 28.6 Å². The lowest BCUT2D eigenvalue weighted by Gasteiger charge is -2.44. The first kappa shape index (κ1) is 13.1. The van der Waals surface area contributed by atoms with E-state index in [0.29, 0.717) is 18.0 Å². The molecular formula is C13H14BrN3OS. The molecule has 0 aliphatic heterocycles. The van der Waals surface area contributed by atoms with Crippen molar-refractivity contribution in [3.05, 3.63) is 40.1 Å². The standard InChI is InChI=1S/C13H14BrN3OS/c1-17-11(15-16-12(17)19)13(6-10(18)7-13)8-3-2-4-9(14)5-8/h2-5,10,18H,6-7H2,1H3,(H,16,19)/t10-,13-. The number of halogens is 1. The molecule has 1 N–H and O–H groups in total. The lowest BCUT2D eigenvalue weighted by atomic mass is 9.62. The molecule has 0 saturated heterocycles. The summed E-state index contributed by atoms with van der Waals surface area (Å²) in [5.74, 6) is 0.862. The minimum atomic E-state index is -0.279. The monoisotopic (exact) mass is 339 g/mol. The first-order chi connectivity index (χ1) is 9.03. The van der Waals surface area contributed by atoms with Crippen molar-refractivity contribution in [2.24, 2.45) is 7.05 Å². The van der Waals surface area contributed by atoms with Crippen molar-refractivity contribution in [1.82, 2.24) is 14.8 Å². The summed E-state index contributed by atoms with van der Waals surface area (Å²) < 4.78 is 2.91. The summed E-state index contributed by atoms with van der Waals surface area (Å²) in [5.41, 5.74) is 0.891. The molecule has 0 amide bonds. The zero-order valence-electron chi connectivity index (χ0n) is 10.4. The molecule has 0 atom stereocenters. The first-order valence-corrected chi connectivity index (χ1v) is 7.30. The van der Waals surface area contributed by atoms with E-state index in [4.69, 9.17) is 0 Å². The van der Waals surface area contributed by atoms with Gasteiger partial charge in [-0.25, -0.2) is 0 Å². The molecule has 0 bridgehead atoms.